The van der Waals surface area contributed by atoms with Crippen LogP contribution in [0.3, 0.4) is 0 Å². The van der Waals surface area contributed by atoms with E-state index < -0.39 is 11.9 Å². The summed E-state index contributed by atoms with van der Waals surface area (Å²) >= 11 is 0. The molecule has 1 aliphatic rings. The molecule has 1 amide bonds. The number of nitrogens with zero attached hydrogens (tertiary/aromatic N) is 1. The van der Waals surface area contributed by atoms with Gasteiger partial charge in [0.05, 0.1) is 5.92 Å². The highest BCUT2D eigenvalue weighted by atomic mass is 16.5. The van der Waals surface area contributed by atoms with Crippen molar-refractivity contribution in [1.82, 2.24) is 0 Å². The number of ketones is 1. The van der Waals surface area contributed by atoms with Crippen molar-refractivity contribution in [3.63, 3.8) is 0 Å². The fraction of sp³-hybridized carbons (Fsp3) is 0.286. The fourth-order valence-electron chi connectivity index (χ4n) is 3.13. The fourth-order valence-corrected chi connectivity index (χ4v) is 3.13. The lowest BCUT2D eigenvalue weighted by molar-refractivity contribution is -0.147. The molecule has 1 fully saturated rings. The first-order valence-electron chi connectivity index (χ1n) is 8.73. The van der Waals surface area contributed by atoms with E-state index in [1.807, 2.05) is 37.3 Å². The number of carbonyl (C=O) groups is 3. The van der Waals surface area contributed by atoms with Crippen molar-refractivity contribution in [3.05, 3.63) is 65.7 Å². The third kappa shape index (κ3) is 3.82. The van der Waals surface area contributed by atoms with Gasteiger partial charge in [0.25, 0.3) is 0 Å². The van der Waals surface area contributed by atoms with Crippen molar-refractivity contribution in [3.8, 4) is 0 Å². The summed E-state index contributed by atoms with van der Waals surface area (Å²) < 4.78 is 5.16. The number of hydrogen-bond acceptors (Lipinski definition) is 4. The number of Topliss-reactive ketones (excluding diaryl/α,β-unsaturated/α-hetero) is 1. The molecular weight excluding hydrogens is 330 g/mol. The van der Waals surface area contributed by atoms with E-state index in [9.17, 15) is 14.4 Å². The molecule has 1 heterocycles. The topological polar surface area (TPSA) is 63.7 Å². The zero-order valence-electron chi connectivity index (χ0n) is 14.7. The Hall–Kier alpha value is -2.95. The Labute approximate surface area is 152 Å². The smallest absolute Gasteiger partial charge is 0.311 e. The van der Waals surface area contributed by atoms with E-state index in [0.717, 1.165) is 17.7 Å². The van der Waals surface area contributed by atoms with E-state index in [1.54, 1.807) is 29.2 Å². The number of anilines is 1. The SMILES string of the molecule is CCc1ccccc1N1C[C@@H](C(=O)OCC(=O)c2ccccc2)CC1=O. The van der Waals surface area contributed by atoms with Gasteiger partial charge in [-0.2, -0.15) is 0 Å². The van der Waals surface area contributed by atoms with Crippen LogP contribution in [0.25, 0.3) is 0 Å². The minimum atomic E-state index is -0.545. The van der Waals surface area contributed by atoms with Crippen LogP contribution in [0.4, 0.5) is 5.69 Å². The second kappa shape index (κ2) is 7.95. The Bertz CT molecular complexity index is 816. The highest BCUT2D eigenvalue weighted by molar-refractivity contribution is 6.01. The molecule has 0 N–H and O–H groups in total. The lowest BCUT2D eigenvalue weighted by Crippen LogP contribution is -2.28. The minimum Gasteiger partial charge on any atom is -0.457 e. The molecule has 1 atom stereocenters. The summed E-state index contributed by atoms with van der Waals surface area (Å²) in [6.07, 6.45) is 0.914. The quantitative estimate of drug-likeness (QED) is 0.593. The monoisotopic (exact) mass is 351 g/mol. The highest BCUT2D eigenvalue weighted by Crippen LogP contribution is 2.29. The Morgan fingerprint density at radius 3 is 2.50 bits per heavy atom. The summed E-state index contributed by atoms with van der Waals surface area (Å²) in [5.41, 5.74) is 2.41. The average Bonchev–Trinajstić information content (AvgIpc) is 3.08. The lowest BCUT2D eigenvalue weighted by atomic mass is 10.1. The van der Waals surface area contributed by atoms with Crippen molar-refractivity contribution in [2.45, 2.75) is 19.8 Å². The van der Waals surface area contributed by atoms with Gasteiger partial charge in [-0.25, -0.2) is 0 Å². The Morgan fingerprint density at radius 2 is 1.77 bits per heavy atom. The van der Waals surface area contributed by atoms with E-state index in [1.165, 1.54) is 0 Å². The molecule has 1 saturated heterocycles. The standard InChI is InChI=1S/C21H21NO4/c1-2-15-8-6-7-11-18(15)22-13-17(12-20(22)24)21(25)26-14-19(23)16-9-4-3-5-10-16/h3-11,17H,2,12-14H2,1H3/t17-/m0/s1. The van der Waals surface area contributed by atoms with Crippen LogP contribution in [-0.4, -0.2) is 30.8 Å². The second-order valence-electron chi connectivity index (χ2n) is 6.28. The van der Waals surface area contributed by atoms with Gasteiger partial charge in [-0.15, -0.1) is 0 Å². The average molecular weight is 351 g/mol. The highest BCUT2D eigenvalue weighted by Gasteiger charge is 2.37. The largest absolute Gasteiger partial charge is 0.457 e. The summed E-state index contributed by atoms with van der Waals surface area (Å²) in [7, 11) is 0. The number of rotatable bonds is 6. The van der Waals surface area contributed by atoms with Crippen LogP contribution in [0.5, 0.6) is 0 Å². The van der Waals surface area contributed by atoms with Crippen molar-refractivity contribution >= 4 is 23.3 Å². The van der Waals surface area contributed by atoms with Crippen LogP contribution in [0.1, 0.15) is 29.3 Å². The Balaban J connectivity index is 1.61. The number of carbonyl (C=O) groups excluding carboxylic acids is 3. The zero-order valence-corrected chi connectivity index (χ0v) is 14.7. The maximum Gasteiger partial charge on any atom is 0.311 e. The van der Waals surface area contributed by atoms with Gasteiger partial charge in [0.2, 0.25) is 5.91 Å². The van der Waals surface area contributed by atoms with Crippen LogP contribution < -0.4 is 4.90 Å². The van der Waals surface area contributed by atoms with E-state index >= 15 is 0 Å². The van der Waals surface area contributed by atoms with Gasteiger partial charge in [0.1, 0.15) is 0 Å². The molecule has 26 heavy (non-hydrogen) atoms. The van der Waals surface area contributed by atoms with Crippen molar-refractivity contribution < 1.29 is 19.1 Å². The van der Waals surface area contributed by atoms with Crippen molar-refractivity contribution in [1.29, 1.82) is 0 Å². The molecule has 0 unspecified atom stereocenters. The van der Waals surface area contributed by atoms with Crippen LogP contribution in [-0.2, 0) is 20.7 Å². The maximum absolute atomic E-state index is 12.4. The summed E-state index contributed by atoms with van der Waals surface area (Å²) in [6.45, 7) is 2.01. The van der Waals surface area contributed by atoms with Crippen LogP contribution in [0.15, 0.2) is 54.6 Å². The number of benzene rings is 2. The molecule has 5 heteroatoms. The van der Waals surface area contributed by atoms with Gasteiger partial charge in [-0.05, 0) is 18.1 Å². The second-order valence-corrected chi connectivity index (χ2v) is 6.28. The molecule has 2 aromatic rings. The number of para-hydroxylation sites is 1. The van der Waals surface area contributed by atoms with Crippen LogP contribution in [0, 0.1) is 5.92 Å². The molecule has 0 bridgehead atoms. The van der Waals surface area contributed by atoms with Gasteiger partial charge in [-0.3, -0.25) is 14.4 Å². The van der Waals surface area contributed by atoms with Gasteiger partial charge >= 0.3 is 5.97 Å². The molecule has 5 nitrogen and oxygen atoms in total. The molecule has 0 aromatic heterocycles. The minimum absolute atomic E-state index is 0.0952. The number of esters is 1. The van der Waals surface area contributed by atoms with Gasteiger partial charge in [0.15, 0.2) is 12.4 Å². The van der Waals surface area contributed by atoms with Crippen LogP contribution in [0.2, 0.25) is 0 Å². The van der Waals surface area contributed by atoms with Crippen molar-refractivity contribution in [2.24, 2.45) is 5.92 Å². The number of amides is 1. The molecule has 3 rings (SSSR count). The normalized spacial score (nSPS) is 16.6. The molecule has 0 saturated carbocycles. The van der Waals surface area contributed by atoms with Gasteiger partial charge < -0.3 is 9.64 Å². The summed E-state index contributed by atoms with van der Waals surface area (Å²) in [4.78, 5) is 38.4. The van der Waals surface area contributed by atoms with Crippen molar-refractivity contribution in [2.75, 3.05) is 18.1 Å². The molecule has 1 aliphatic heterocycles. The summed E-state index contributed by atoms with van der Waals surface area (Å²) in [5, 5.41) is 0. The predicted octanol–water partition coefficient (Wildman–Crippen LogP) is 3.03. The summed E-state index contributed by atoms with van der Waals surface area (Å²) in [5.74, 6) is -1.39. The van der Waals surface area contributed by atoms with E-state index in [2.05, 4.69) is 0 Å². The molecule has 0 radical (unpaired) electrons. The predicted molar refractivity (Wildman–Crippen MR) is 98.0 cm³/mol. The van der Waals surface area contributed by atoms with Crippen LogP contribution >= 0.6 is 0 Å². The number of hydrogen-bond donors (Lipinski definition) is 0. The number of ether oxygens (including phenoxy) is 1. The molecule has 0 aliphatic carbocycles. The summed E-state index contributed by atoms with van der Waals surface area (Å²) in [6, 6.07) is 16.4. The molecule has 2 aromatic carbocycles. The van der Waals surface area contributed by atoms with E-state index in [4.69, 9.17) is 4.74 Å². The Kier molecular flexibility index (Phi) is 5.46. The van der Waals surface area contributed by atoms with E-state index in [0.29, 0.717) is 5.56 Å². The third-order valence-corrected chi connectivity index (χ3v) is 4.56. The molecule has 134 valence electrons. The lowest BCUT2D eigenvalue weighted by Gasteiger charge is -2.19. The van der Waals surface area contributed by atoms with E-state index in [-0.39, 0.29) is 31.3 Å². The first-order chi connectivity index (χ1) is 12.6. The van der Waals surface area contributed by atoms with Gasteiger partial charge in [-0.1, -0.05) is 55.5 Å². The maximum atomic E-state index is 12.4. The first kappa shape index (κ1) is 17.9. The Morgan fingerprint density at radius 1 is 1.08 bits per heavy atom. The third-order valence-electron chi connectivity index (χ3n) is 4.56. The molecular formula is C21H21NO4. The number of aryl methyl sites for hydroxylation is 1. The first-order valence-corrected chi connectivity index (χ1v) is 8.73. The zero-order chi connectivity index (χ0) is 18.5. The molecule has 0 spiro atoms. The van der Waals surface area contributed by atoms with Gasteiger partial charge in [0, 0.05) is 24.2 Å².